The first kappa shape index (κ1) is 14.6. The molecule has 0 aliphatic rings. The number of nitrogens with one attached hydrogen (secondary N) is 3. The number of benzene rings is 1. The average Bonchev–Trinajstić information content (AvgIpc) is 2.43. The molecule has 0 aliphatic heterocycles. The number of carbonyl (C=O) groups excluding carboxylic acids is 2. The molecule has 1 aromatic rings. The van der Waals surface area contributed by atoms with Gasteiger partial charge in [-0.05, 0) is 12.1 Å². The van der Waals surface area contributed by atoms with Crippen molar-refractivity contribution in [2.75, 3.05) is 39.0 Å². The first-order valence-electron chi connectivity index (χ1n) is 5.63. The molecule has 0 saturated heterocycles. The van der Waals surface area contributed by atoms with Crippen molar-refractivity contribution >= 4 is 23.2 Å². The van der Waals surface area contributed by atoms with Crippen LogP contribution in [0.3, 0.4) is 0 Å². The molecule has 0 aromatic heterocycles. The number of nitrogens with zero attached hydrogens (tertiary/aromatic N) is 1. The number of carbonyl (C=O) groups is 2. The number of ether oxygens (including phenoxy) is 1. The van der Waals surface area contributed by atoms with E-state index in [2.05, 4.69) is 16.2 Å². The van der Waals surface area contributed by atoms with Crippen LogP contribution in [-0.2, 0) is 9.59 Å². The predicted molar refractivity (Wildman–Crippen MR) is 73.0 cm³/mol. The number of hydrogen-bond donors (Lipinski definition) is 3. The van der Waals surface area contributed by atoms with Crippen LogP contribution in [0.4, 0.5) is 11.4 Å². The lowest BCUT2D eigenvalue weighted by molar-refractivity contribution is -0.143. The van der Waals surface area contributed by atoms with Crippen LogP contribution in [0.15, 0.2) is 18.2 Å². The maximum atomic E-state index is 11.5. The Morgan fingerprint density at radius 3 is 2.47 bits per heavy atom. The molecule has 7 nitrogen and oxygen atoms in total. The normalized spacial score (nSPS) is 9.47. The quantitative estimate of drug-likeness (QED) is 0.538. The largest absolute Gasteiger partial charge is 0.494 e. The molecule has 0 aliphatic carbocycles. The Hall–Kier alpha value is -2.44. The molecule has 1 aromatic carbocycles. The third-order valence-electron chi connectivity index (χ3n) is 2.40. The van der Waals surface area contributed by atoms with Crippen molar-refractivity contribution in [2.24, 2.45) is 0 Å². The highest BCUT2D eigenvalue weighted by Gasteiger charge is 2.15. The number of methoxy groups -OCH3 is 1. The second kappa shape index (κ2) is 6.48. The topological polar surface area (TPSA) is 82.7 Å². The Morgan fingerprint density at radius 2 is 1.95 bits per heavy atom. The van der Waals surface area contributed by atoms with Crippen molar-refractivity contribution in [3.05, 3.63) is 18.2 Å². The molecule has 0 bridgehead atoms. The Labute approximate surface area is 111 Å². The van der Waals surface area contributed by atoms with E-state index in [0.717, 1.165) is 5.69 Å². The number of amides is 2. The average molecular weight is 266 g/mol. The van der Waals surface area contributed by atoms with E-state index in [1.807, 2.05) is 6.07 Å². The molecular weight excluding hydrogens is 248 g/mol. The lowest BCUT2D eigenvalue weighted by Crippen LogP contribution is -2.41. The van der Waals surface area contributed by atoms with E-state index in [9.17, 15) is 9.59 Å². The van der Waals surface area contributed by atoms with Gasteiger partial charge in [-0.2, -0.15) is 0 Å². The van der Waals surface area contributed by atoms with Gasteiger partial charge in [-0.1, -0.05) is 0 Å². The van der Waals surface area contributed by atoms with Crippen molar-refractivity contribution < 1.29 is 14.3 Å². The van der Waals surface area contributed by atoms with Crippen LogP contribution >= 0.6 is 0 Å². The summed E-state index contributed by atoms with van der Waals surface area (Å²) in [6.07, 6.45) is 0. The van der Waals surface area contributed by atoms with Gasteiger partial charge in [-0.15, -0.1) is 0 Å². The maximum Gasteiger partial charge on any atom is 0.327 e. The zero-order chi connectivity index (χ0) is 14.4. The van der Waals surface area contributed by atoms with Gasteiger partial charge in [0.1, 0.15) is 5.75 Å². The van der Waals surface area contributed by atoms with Crippen molar-refractivity contribution in [3.8, 4) is 5.75 Å². The van der Waals surface area contributed by atoms with Gasteiger partial charge in [-0.3, -0.25) is 20.4 Å². The van der Waals surface area contributed by atoms with Gasteiger partial charge in [0.05, 0.1) is 12.8 Å². The summed E-state index contributed by atoms with van der Waals surface area (Å²) in [5, 5.41) is 2.97. The van der Waals surface area contributed by atoms with Crippen LogP contribution in [-0.4, -0.2) is 45.0 Å². The Kier molecular flexibility index (Phi) is 4.99. The molecule has 19 heavy (non-hydrogen) atoms. The van der Waals surface area contributed by atoms with Crippen molar-refractivity contribution in [2.45, 2.75) is 0 Å². The van der Waals surface area contributed by atoms with Gasteiger partial charge in [0.15, 0.2) is 0 Å². The Balaban J connectivity index is 2.72. The molecule has 0 radical (unpaired) electrons. The van der Waals surface area contributed by atoms with Crippen LogP contribution in [0.1, 0.15) is 0 Å². The molecular formula is C12H18N4O3. The molecule has 104 valence electrons. The molecule has 1 rings (SSSR count). The van der Waals surface area contributed by atoms with E-state index in [4.69, 9.17) is 4.74 Å². The highest BCUT2D eigenvalue weighted by Crippen LogP contribution is 2.26. The highest BCUT2D eigenvalue weighted by atomic mass is 16.5. The summed E-state index contributed by atoms with van der Waals surface area (Å²) in [5.74, 6) is -0.840. The molecule has 0 saturated carbocycles. The first-order chi connectivity index (χ1) is 8.99. The number of likely N-dealkylation sites (N-methyl/N-ethyl adjacent to an activating group) is 1. The maximum absolute atomic E-state index is 11.5. The molecule has 2 amide bonds. The van der Waals surface area contributed by atoms with Gasteiger partial charge < -0.3 is 15.0 Å². The fourth-order valence-corrected chi connectivity index (χ4v) is 1.33. The summed E-state index contributed by atoms with van der Waals surface area (Å²) >= 11 is 0. The Bertz CT molecular complexity index is 474. The summed E-state index contributed by atoms with van der Waals surface area (Å²) in [6, 6.07) is 5.30. The second-order valence-corrected chi connectivity index (χ2v) is 3.94. The minimum atomic E-state index is -0.746. The van der Waals surface area contributed by atoms with E-state index >= 15 is 0 Å². The van der Waals surface area contributed by atoms with E-state index in [-0.39, 0.29) is 0 Å². The van der Waals surface area contributed by atoms with Gasteiger partial charge in [0, 0.05) is 32.9 Å². The van der Waals surface area contributed by atoms with E-state index in [0.29, 0.717) is 11.4 Å². The lowest BCUT2D eigenvalue weighted by atomic mass is 10.2. The number of anilines is 2. The molecule has 0 fully saturated rings. The van der Waals surface area contributed by atoms with Gasteiger partial charge in [0.25, 0.3) is 0 Å². The van der Waals surface area contributed by atoms with E-state index in [1.54, 1.807) is 19.2 Å². The van der Waals surface area contributed by atoms with Crippen LogP contribution in [0.2, 0.25) is 0 Å². The Morgan fingerprint density at radius 1 is 1.26 bits per heavy atom. The third-order valence-corrected chi connectivity index (χ3v) is 2.40. The number of hydrogen-bond acceptors (Lipinski definition) is 5. The first-order valence-corrected chi connectivity index (χ1v) is 5.63. The van der Waals surface area contributed by atoms with Gasteiger partial charge >= 0.3 is 11.8 Å². The van der Waals surface area contributed by atoms with Crippen LogP contribution in [0.25, 0.3) is 0 Å². The van der Waals surface area contributed by atoms with Crippen LogP contribution in [0.5, 0.6) is 5.75 Å². The standard InChI is InChI=1S/C12H18N4O3/c1-13-8-5-6-9(10(7-8)19-4)14-15-11(17)12(18)16(2)3/h5-7,13-14H,1-4H3,(H,15,17). The predicted octanol–water partition coefficient (Wildman–Crippen LogP) is 0.268. The van der Waals surface area contributed by atoms with Crippen LogP contribution < -0.4 is 20.9 Å². The smallest absolute Gasteiger partial charge is 0.327 e. The van der Waals surface area contributed by atoms with Crippen molar-refractivity contribution in [1.29, 1.82) is 0 Å². The minimum Gasteiger partial charge on any atom is -0.494 e. The molecule has 0 atom stereocenters. The van der Waals surface area contributed by atoms with Crippen LogP contribution in [0, 0.1) is 0 Å². The highest BCUT2D eigenvalue weighted by molar-refractivity contribution is 6.35. The molecule has 0 unspecified atom stereocenters. The fraction of sp³-hybridized carbons (Fsp3) is 0.333. The molecule has 0 heterocycles. The zero-order valence-corrected chi connectivity index (χ0v) is 11.4. The molecule has 7 heteroatoms. The summed E-state index contributed by atoms with van der Waals surface area (Å²) in [4.78, 5) is 24.0. The van der Waals surface area contributed by atoms with E-state index in [1.165, 1.54) is 26.1 Å². The third kappa shape index (κ3) is 3.77. The lowest BCUT2D eigenvalue weighted by Gasteiger charge is -2.14. The van der Waals surface area contributed by atoms with Gasteiger partial charge in [-0.25, -0.2) is 0 Å². The monoisotopic (exact) mass is 266 g/mol. The summed E-state index contributed by atoms with van der Waals surface area (Å²) in [7, 11) is 6.32. The fourth-order valence-electron chi connectivity index (χ4n) is 1.33. The number of hydrazine groups is 1. The van der Waals surface area contributed by atoms with E-state index < -0.39 is 11.8 Å². The van der Waals surface area contributed by atoms with Crippen molar-refractivity contribution in [3.63, 3.8) is 0 Å². The van der Waals surface area contributed by atoms with Gasteiger partial charge in [0.2, 0.25) is 0 Å². The minimum absolute atomic E-state index is 0.546. The second-order valence-electron chi connectivity index (χ2n) is 3.94. The summed E-state index contributed by atoms with van der Waals surface area (Å²) in [5.41, 5.74) is 6.39. The zero-order valence-electron chi connectivity index (χ0n) is 11.4. The van der Waals surface area contributed by atoms with Crippen molar-refractivity contribution in [1.82, 2.24) is 10.3 Å². The summed E-state index contributed by atoms with van der Waals surface area (Å²) in [6.45, 7) is 0. The molecule has 0 spiro atoms. The SMILES string of the molecule is CNc1ccc(NNC(=O)C(=O)N(C)C)c(OC)c1. The number of rotatable bonds is 4. The molecule has 3 N–H and O–H groups in total. The summed E-state index contributed by atoms with van der Waals surface area (Å²) < 4.78 is 5.18.